The maximum Gasteiger partial charge on any atom is 0.284 e. The van der Waals surface area contributed by atoms with E-state index in [4.69, 9.17) is 25.8 Å². The number of nitrogens with zero attached hydrogens (tertiary/aromatic N) is 2. The van der Waals surface area contributed by atoms with Crippen molar-refractivity contribution in [1.82, 2.24) is 15.0 Å². The van der Waals surface area contributed by atoms with Crippen LogP contribution in [0, 0.1) is 5.92 Å². The summed E-state index contributed by atoms with van der Waals surface area (Å²) in [5.74, 6) is 1.90. The molecule has 0 unspecified atom stereocenters. The molecule has 3 heterocycles. The second-order valence-corrected chi connectivity index (χ2v) is 10.7. The number of rotatable bonds is 10. The predicted molar refractivity (Wildman–Crippen MR) is 155 cm³/mol. The molecule has 0 bridgehead atoms. The Bertz CT molecular complexity index is 1450. The normalized spacial score (nSPS) is 14.7. The fourth-order valence-electron chi connectivity index (χ4n) is 4.74. The molecule has 39 heavy (non-hydrogen) atoms. The molecule has 5 rings (SSSR count). The van der Waals surface area contributed by atoms with Crippen LogP contribution in [0.5, 0.6) is 17.2 Å². The van der Waals surface area contributed by atoms with Crippen molar-refractivity contribution in [2.24, 2.45) is 5.92 Å². The maximum atomic E-state index is 13.3. The minimum absolute atomic E-state index is 0.315. The molecule has 11 heteroatoms. The van der Waals surface area contributed by atoms with Gasteiger partial charge < -0.3 is 24.8 Å². The summed E-state index contributed by atoms with van der Waals surface area (Å²) >= 11 is 8.10. The number of hydrogen-bond donors (Lipinski definition) is 3. The van der Waals surface area contributed by atoms with E-state index >= 15 is 0 Å². The highest BCUT2D eigenvalue weighted by Crippen LogP contribution is 2.36. The SMILES string of the molecule is COc1cc2ncn(NC(=O)c3sccc3O[C@H](C)c3cccc(NCC4CCNCC4)c3Cl)c2cc1OC. The van der Waals surface area contributed by atoms with Crippen LogP contribution in [0.4, 0.5) is 5.69 Å². The summed E-state index contributed by atoms with van der Waals surface area (Å²) in [6, 6.07) is 11.2. The van der Waals surface area contributed by atoms with Gasteiger partial charge in [-0.3, -0.25) is 10.2 Å². The van der Waals surface area contributed by atoms with Gasteiger partial charge in [0, 0.05) is 24.2 Å². The Morgan fingerprint density at radius 1 is 1.18 bits per heavy atom. The zero-order valence-electron chi connectivity index (χ0n) is 22.1. The van der Waals surface area contributed by atoms with E-state index in [1.165, 1.54) is 11.3 Å². The van der Waals surface area contributed by atoms with Gasteiger partial charge in [0.15, 0.2) is 11.5 Å². The predicted octanol–water partition coefficient (Wildman–Crippen LogP) is 5.70. The summed E-state index contributed by atoms with van der Waals surface area (Å²) < 4.78 is 18.6. The zero-order valence-corrected chi connectivity index (χ0v) is 23.7. The number of amides is 1. The van der Waals surface area contributed by atoms with Gasteiger partial charge in [-0.25, -0.2) is 9.66 Å². The van der Waals surface area contributed by atoms with Crippen molar-refractivity contribution in [3.8, 4) is 17.2 Å². The van der Waals surface area contributed by atoms with Crippen molar-refractivity contribution in [3.05, 3.63) is 63.6 Å². The van der Waals surface area contributed by atoms with Crippen molar-refractivity contribution in [2.45, 2.75) is 25.9 Å². The highest BCUT2D eigenvalue weighted by Gasteiger charge is 2.21. The summed E-state index contributed by atoms with van der Waals surface area (Å²) in [7, 11) is 3.13. The first-order valence-electron chi connectivity index (χ1n) is 12.9. The summed E-state index contributed by atoms with van der Waals surface area (Å²) in [4.78, 5) is 18.1. The van der Waals surface area contributed by atoms with E-state index in [2.05, 4.69) is 21.0 Å². The summed E-state index contributed by atoms with van der Waals surface area (Å²) in [6.07, 6.45) is 3.48. The van der Waals surface area contributed by atoms with Gasteiger partial charge in [0.05, 0.1) is 36.0 Å². The molecule has 0 spiro atoms. The monoisotopic (exact) mass is 569 g/mol. The number of carbonyl (C=O) groups is 1. The number of anilines is 1. The number of piperidine rings is 1. The van der Waals surface area contributed by atoms with Crippen LogP contribution < -0.4 is 30.3 Å². The molecule has 1 saturated heterocycles. The van der Waals surface area contributed by atoms with Crippen molar-refractivity contribution in [1.29, 1.82) is 0 Å². The van der Waals surface area contributed by atoms with E-state index in [1.807, 2.05) is 30.5 Å². The number of aromatic nitrogens is 2. The molecular formula is C28H32ClN5O4S. The molecule has 4 aromatic rings. The largest absolute Gasteiger partial charge is 0.493 e. The van der Waals surface area contributed by atoms with Crippen LogP contribution in [-0.4, -0.2) is 49.4 Å². The minimum atomic E-state index is -0.370. The highest BCUT2D eigenvalue weighted by atomic mass is 35.5. The van der Waals surface area contributed by atoms with E-state index < -0.39 is 0 Å². The van der Waals surface area contributed by atoms with Crippen molar-refractivity contribution in [3.63, 3.8) is 0 Å². The zero-order chi connectivity index (χ0) is 27.4. The molecule has 1 aliphatic rings. The Kier molecular flexibility index (Phi) is 8.44. The molecule has 2 aromatic carbocycles. The number of halogens is 1. The topological polar surface area (TPSA) is 98.7 Å². The first-order chi connectivity index (χ1) is 19.0. The van der Waals surface area contributed by atoms with Crippen molar-refractivity contribution in [2.75, 3.05) is 44.6 Å². The van der Waals surface area contributed by atoms with Gasteiger partial charge in [0.2, 0.25) is 0 Å². The lowest BCUT2D eigenvalue weighted by molar-refractivity contribution is 0.101. The lowest BCUT2D eigenvalue weighted by atomic mass is 9.98. The Morgan fingerprint density at radius 3 is 2.72 bits per heavy atom. The van der Waals surface area contributed by atoms with Gasteiger partial charge in [-0.15, -0.1) is 11.3 Å². The van der Waals surface area contributed by atoms with Crippen molar-refractivity contribution >= 4 is 45.6 Å². The first-order valence-corrected chi connectivity index (χ1v) is 14.1. The van der Waals surface area contributed by atoms with Gasteiger partial charge >= 0.3 is 0 Å². The lowest BCUT2D eigenvalue weighted by Gasteiger charge is -2.24. The van der Waals surface area contributed by atoms with E-state index in [0.717, 1.165) is 43.7 Å². The van der Waals surface area contributed by atoms with Crippen LogP contribution in [0.2, 0.25) is 5.02 Å². The van der Waals surface area contributed by atoms with Crippen LogP contribution in [0.25, 0.3) is 11.0 Å². The van der Waals surface area contributed by atoms with Gasteiger partial charge in [-0.1, -0.05) is 23.7 Å². The number of carbonyl (C=O) groups excluding carboxylic acids is 1. The molecule has 3 N–H and O–H groups in total. The molecule has 1 amide bonds. The number of ether oxygens (including phenoxy) is 3. The molecule has 1 atom stereocenters. The number of methoxy groups -OCH3 is 2. The van der Waals surface area contributed by atoms with E-state index in [1.54, 1.807) is 43.4 Å². The Balaban J connectivity index is 1.29. The van der Waals surface area contributed by atoms with Gasteiger partial charge in [0.25, 0.3) is 5.91 Å². The number of fused-ring (bicyclic) bond motifs is 1. The fourth-order valence-corrected chi connectivity index (χ4v) is 5.79. The third-order valence-electron chi connectivity index (χ3n) is 6.92. The quantitative estimate of drug-likeness (QED) is 0.225. The molecule has 206 valence electrons. The van der Waals surface area contributed by atoms with Crippen LogP contribution in [0.3, 0.4) is 0 Å². The van der Waals surface area contributed by atoms with Crippen LogP contribution in [-0.2, 0) is 0 Å². The van der Waals surface area contributed by atoms with E-state index in [9.17, 15) is 4.79 Å². The second-order valence-electron chi connectivity index (χ2n) is 9.41. The molecule has 1 fully saturated rings. The third-order valence-corrected chi connectivity index (χ3v) is 8.24. The molecule has 0 radical (unpaired) electrons. The van der Waals surface area contributed by atoms with Crippen molar-refractivity contribution < 1.29 is 19.0 Å². The Morgan fingerprint density at radius 2 is 1.95 bits per heavy atom. The van der Waals surface area contributed by atoms with Crippen LogP contribution in [0.1, 0.15) is 41.1 Å². The number of benzene rings is 2. The number of thiophene rings is 1. The van der Waals surface area contributed by atoms with Gasteiger partial charge in [0.1, 0.15) is 23.1 Å². The maximum absolute atomic E-state index is 13.3. The van der Waals surface area contributed by atoms with E-state index in [0.29, 0.717) is 44.1 Å². The minimum Gasteiger partial charge on any atom is -0.493 e. The fraction of sp³-hybridized carbons (Fsp3) is 0.357. The van der Waals surface area contributed by atoms with Gasteiger partial charge in [-0.05, 0) is 56.3 Å². The molecule has 0 saturated carbocycles. The number of imidazole rings is 1. The molecule has 0 aliphatic carbocycles. The Hall–Kier alpha value is -3.47. The van der Waals surface area contributed by atoms with Crippen LogP contribution >= 0.6 is 22.9 Å². The average Bonchev–Trinajstić information content (AvgIpc) is 3.58. The Labute approximate surface area is 236 Å². The highest BCUT2D eigenvalue weighted by molar-refractivity contribution is 7.12. The summed E-state index contributed by atoms with van der Waals surface area (Å²) in [5, 5.41) is 9.38. The number of nitrogens with one attached hydrogen (secondary N) is 3. The smallest absolute Gasteiger partial charge is 0.284 e. The van der Waals surface area contributed by atoms with Gasteiger partial charge in [-0.2, -0.15) is 0 Å². The molecule has 2 aromatic heterocycles. The first kappa shape index (κ1) is 27.1. The molecule has 1 aliphatic heterocycles. The molecular weight excluding hydrogens is 538 g/mol. The third kappa shape index (κ3) is 5.93. The molecule has 9 nitrogen and oxygen atoms in total. The standard InChI is InChI=1S/C28H32ClN5O4S/c1-17(19-5-4-6-20(26(19)29)31-15-18-7-10-30-11-8-18)38-23-9-12-39-27(23)28(35)33-34-16-32-21-13-24(36-2)25(37-3)14-22(21)34/h4-6,9,12-14,16-18,30-31H,7-8,10-11,15H2,1-3H3,(H,33,35)/t17-/m1/s1. The van der Waals surface area contributed by atoms with Crippen LogP contribution in [0.15, 0.2) is 48.1 Å². The second kappa shape index (κ2) is 12.1. The average molecular weight is 570 g/mol. The van der Waals surface area contributed by atoms with E-state index in [-0.39, 0.29) is 12.0 Å². The summed E-state index contributed by atoms with van der Waals surface area (Å²) in [6.45, 7) is 4.93. The number of hydrogen-bond acceptors (Lipinski definition) is 8. The summed E-state index contributed by atoms with van der Waals surface area (Å²) in [5.41, 5.74) is 5.97. The lowest BCUT2D eigenvalue weighted by Crippen LogP contribution is -2.31.